The van der Waals surface area contributed by atoms with Gasteiger partial charge in [-0.1, -0.05) is 18.2 Å². The van der Waals surface area contributed by atoms with Crippen LogP contribution in [0.3, 0.4) is 0 Å². The van der Waals surface area contributed by atoms with E-state index in [1.807, 2.05) is 6.07 Å². The van der Waals surface area contributed by atoms with Crippen LogP contribution in [0.25, 0.3) is 0 Å². The van der Waals surface area contributed by atoms with Gasteiger partial charge in [-0.25, -0.2) is 0 Å². The molecule has 1 aromatic carbocycles. The molecule has 0 aliphatic carbocycles. The van der Waals surface area contributed by atoms with Gasteiger partial charge in [-0.05, 0) is 12.1 Å². The van der Waals surface area contributed by atoms with Gasteiger partial charge in [0.25, 0.3) is 0 Å². The maximum absolute atomic E-state index is 12.1. The summed E-state index contributed by atoms with van der Waals surface area (Å²) in [5.74, 6) is -0.826. The number of rotatable bonds is 7. The standard InChI is InChI=1S/C17H24N2O7/c1-25-17-14(16(24)15(23)11(9-20)26-17)19-13(22)8-7-12(21)18-10-5-3-2-4-6-10/h2-6,11,14-17,20,23-24H,7-9H2,1H3,(H,18,21)(H,19,22)/t11-,14+,15-,16-,17+/m1/s1. The van der Waals surface area contributed by atoms with Crippen LogP contribution in [0.5, 0.6) is 0 Å². The molecule has 0 radical (unpaired) electrons. The van der Waals surface area contributed by atoms with E-state index in [9.17, 15) is 19.8 Å². The monoisotopic (exact) mass is 368 g/mol. The Balaban J connectivity index is 1.84. The highest BCUT2D eigenvalue weighted by atomic mass is 16.7. The van der Waals surface area contributed by atoms with Crippen LogP contribution in [0.2, 0.25) is 0 Å². The lowest BCUT2D eigenvalue weighted by molar-refractivity contribution is -0.262. The molecular formula is C17H24N2O7. The Bertz CT molecular complexity index is 596. The number of methoxy groups -OCH3 is 1. The molecule has 1 fully saturated rings. The number of aliphatic hydroxyl groups is 3. The van der Waals surface area contributed by atoms with E-state index in [2.05, 4.69) is 10.6 Å². The highest BCUT2D eigenvalue weighted by Gasteiger charge is 2.45. The van der Waals surface area contributed by atoms with E-state index in [4.69, 9.17) is 14.6 Å². The summed E-state index contributed by atoms with van der Waals surface area (Å²) in [6, 6.07) is 7.82. The Morgan fingerprint density at radius 1 is 1.12 bits per heavy atom. The van der Waals surface area contributed by atoms with Crippen molar-refractivity contribution in [3.05, 3.63) is 30.3 Å². The number of anilines is 1. The van der Waals surface area contributed by atoms with E-state index < -0.39 is 43.2 Å². The minimum Gasteiger partial charge on any atom is -0.394 e. The summed E-state index contributed by atoms with van der Waals surface area (Å²) in [5, 5.41) is 34.4. The van der Waals surface area contributed by atoms with Crippen molar-refractivity contribution in [1.29, 1.82) is 0 Å². The Morgan fingerprint density at radius 2 is 1.77 bits per heavy atom. The van der Waals surface area contributed by atoms with Gasteiger partial charge in [-0.15, -0.1) is 0 Å². The van der Waals surface area contributed by atoms with Gasteiger partial charge >= 0.3 is 0 Å². The number of carbonyl (C=O) groups is 2. The summed E-state index contributed by atoms with van der Waals surface area (Å²) in [5.41, 5.74) is 0.631. The molecule has 1 heterocycles. The van der Waals surface area contributed by atoms with Gasteiger partial charge in [0, 0.05) is 25.6 Å². The van der Waals surface area contributed by atoms with Crippen molar-refractivity contribution in [3.8, 4) is 0 Å². The van der Waals surface area contributed by atoms with Crippen LogP contribution in [0, 0.1) is 0 Å². The van der Waals surface area contributed by atoms with Crippen LogP contribution < -0.4 is 10.6 Å². The summed E-state index contributed by atoms with van der Waals surface area (Å²) < 4.78 is 10.4. The molecule has 0 bridgehead atoms. The van der Waals surface area contributed by atoms with E-state index in [1.165, 1.54) is 7.11 Å². The van der Waals surface area contributed by atoms with E-state index in [0.717, 1.165) is 0 Å². The molecule has 1 aromatic rings. The van der Waals surface area contributed by atoms with Crippen molar-refractivity contribution < 1.29 is 34.4 Å². The number of hydrogen-bond acceptors (Lipinski definition) is 7. The SMILES string of the molecule is CO[C@H]1O[C@H](CO)[C@@H](O)[C@H](O)[C@@H]1NC(=O)CCC(=O)Nc1ccccc1. The molecule has 1 saturated heterocycles. The maximum atomic E-state index is 12.1. The molecule has 1 aliphatic rings. The third-order valence-corrected chi connectivity index (χ3v) is 4.08. The lowest BCUT2D eigenvalue weighted by atomic mass is 9.97. The second-order valence-corrected chi connectivity index (χ2v) is 5.95. The summed E-state index contributed by atoms with van der Waals surface area (Å²) >= 11 is 0. The summed E-state index contributed by atoms with van der Waals surface area (Å²) in [6.45, 7) is -0.502. The van der Waals surface area contributed by atoms with Crippen molar-refractivity contribution in [2.24, 2.45) is 0 Å². The molecule has 9 heteroatoms. The van der Waals surface area contributed by atoms with Crippen molar-refractivity contribution in [3.63, 3.8) is 0 Å². The van der Waals surface area contributed by atoms with Gasteiger partial charge in [0.1, 0.15) is 24.4 Å². The van der Waals surface area contributed by atoms with Gasteiger partial charge in [0.05, 0.1) is 6.61 Å². The van der Waals surface area contributed by atoms with Crippen LogP contribution >= 0.6 is 0 Å². The average molecular weight is 368 g/mol. The largest absolute Gasteiger partial charge is 0.394 e. The van der Waals surface area contributed by atoms with Crippen LogP contribution in [-0.2, 0) is 19.1 Å². The van der Waals surface area contributed by atoms with E-state index >= 15 is 0 Å². The highest BCUT2D eigenvalue weighted by Crippen LogP contribution is 2.21. The number of ether oxygens (including phenoxy) is 2. The zero-order valence-electron chi connectivity index (χ0n) is 14.4. The lowest BCUT2D eigenvalue weighted by Gasteiger charge is -2.41. The van der Waals surface area contributed by atoms with E-state index in [-0.39, 0.29) is 18.7 Å². The summed E-state index contributed by atoms with van der Waals surface area (Å²) in [4.78, 5) is 24.0. The molecule has 0 saturated carbocycles. The first-order valence-electron chi connectivity index (χ1n) is 8.25. The number of nitrogens with one attached hydrogen (secondary N) is 2. The maximum Gasteiger partial charge on any atom is 0.224 e. The first-order valence-corrected chi connectivity index (χ1v) is 8.25. The molecule has 0 unspecified atom stereocenters. The van der Waals surface area contributed by atoms with Gasteiger partial charge in [0.15, 0.2) is 6.29 Å². The Morgan fingerprint density at radius 3 is 2.38 bits per heavy atom. The molecule has 0 aromatic heterocycles. The predicted octanol–water partition coefficient (Wildman–Crippen LogP) is -1.02. The molecule has 2 rings (SSSR count). The van der Waals surface area contributed by atoms with Crippen LogP contribution in [0.15, 0.2) is 30.3 Å². The molecule has 2 amide bonds. The number of para-hydroxylation sites is 1. The molecule has 9 nitrogen and oxygen atoms in total. The third-order valence-electron chi connectivity index (χ3n) is 4.08. The average Bonchev–Trinajstić information content (AvgIpc) is 2.65. The lowest BCUT2D eigenvalue weighted by Crippen LogP contribution is -2.64. The van der Waals surface area contributed by atoms with Crippen LogP contribution in [0.1, 0.15) is 12.8 Å². The van der Waals surface area contributed by atoms with Crippen molar-refractivity contribution in [2.45, 2.75) is 43.5 Å². The number of aliphatic hydroxyl groups excluding tert-OH is 3. The smallest absolute Gasteiger partial charge is 0.224 e. The topological polar surface area (TPSA) is 137 Å². The van der Waals surface area contributed by atoms with Crippen molar-refractivity contribution >= 4 is 17.5 Å². The Hall–Kier alpha value is -2.04. The first-order chi connectivity index (χ1) is 12.5. The fourth-order valence-corrected chi connectivity index (χ4v) is 2.67. The van der Waals surface area contributed by atoms with Crippen LogP contribution in [-0.4, -0.2) is 71.5 Å². The van der Waals surface area contributed by atoms with E-state index in [1.54, 1.807) is 24.3 Å². The summed E-state index contributed by atoms with van der Waals surface area (Å²) in [7, 11) is 1.32. The molecule has 0 spiro atoms. The Labute approximate surface area is 150 Å². The summed E-state index contributed by atoms with van der Waals surface area (Å²) in [6.07, 6.45) is -4.97. The van der Waals surface area contributed by atoms with Gasteiger partial charge in [-0.2, -0.15) is 0 Å². The molecule has 5 atom stereocenters. The number of benzene rings is 1. The van der Waals surface area contributed by atoms with Crippen LogP contribution in [0.4, 0.5) is 5.69 Å². The zero-order valence-corrected chi connectivity index (χ0v) is 14.4. The normalized spacial score (nSPS) is 28.4. The minimum absolute atomic E-state index is 0.0517. The molecule has 1 aliphatic heterocycles. The molecule has 144 valence electrons. The van der Waals surface area contributed by atoms with Crippen molar-refractivity contribution in [2.75, 3.05) is 19.0 Å². The number of hydrogen-bond donors (Lipinski definition) is 5. The van der Waals surface area contributed by atoms with Gasteiger partial charge in [-0.3, -0.25) is 9.59 Å². The molecular weight excluding hydrogens is 344 g/mol. The molecule has 5 N–H and O–H groups in total. The Kier molecular flexibility index (Phi) is 7.49. The third kappa shape index (κ3) is 5.23. The molecule has 26 heavy (non-hydrogen) atoms. The second kappa shape index (κ2) is 9.60. The fraction of sp³-hybridized carbons (Fsp3) is 0.529. The minimum atomic E-state index is -1.38. The number of carbonyl (C=O) groups excluding carboxylic acids is 2. The quantitative estimate of drug-likeness (QED) is 0.415. The number of amides is 2. The van der Waals surface area contributed by atoms with Gasteiger partial charge < -0.3 is 35.4 Å². The van der Waals surface area contributed by atoms with E-state index in [0.29, 0.717) is 5.69 Å². The van der Waals surface area contributed by atoms with Gasteiger partial charge in [0.2, 0.25) is 11.8 Å². The highest BCUT2D eigenvalue weighted by molar-refractivity contribution is 5.93. The first kappa shape index (κ1) is 20.3. The second-order valence-electron chi connectivity index (χ2n) is 5.95. The predicted molar refractivity (Wildman–Crippen MR) is 91.0 cm³/mol. The zero-order chi connectivity index (χ0) is 19.1. The van der Waals surface area contributed by atoms with Crippen molar-refractivity contribution in [1.82, 2.24) is 5.32 Å². The fourth-order valence-electron chi connectivity index (χ4n) is 2.67.